The van der Waals surface area contributed by atoms with Gasteiger partial charge in [0.2, 0.25) is 11.9 Å². The Balaban J connectivity index is 1.54. The van der Waals surface area contributed by atoms with Crippen molar-refractivity contribution in [2.24, 2.45) is 0 Å². The second-order valence-electron chi connectivity index (χ2n) is 8.45. The number of carbonyl (C=O) groups is 1. The standard InChI is InChI=1S/C24H24Cl2N8O2/c1-24(2,21(35)30-22-31-33-34-32-22)16-6-4-5-15(11-16)19-13-20(29-23(28-19)36-3)27-10-9-14-7-8-17(25)12-18(14)26/h4-8,11-13H,9-10H2,1-3H3,(H,27,28,29)(H2,30,31,32,33,34,35). The number of rotatable bonds is 9. The van der Waals surface area contributed by atoms with Crippen LogP contribution in [0.3, 0.4) is 0 Å². The zero-order valence-electron chi connectivity index (χ0n) is 19.8. The van der Waals surface area contributed by atoms with Gasteiger partial charge in [-0.1, -0.05) is 52.6 Å². The molecule has 3 N–H and O–H groups in total. The SMILES string of the molecule is COc1nc(NCCc2ccc(Cl)cc2Cl)cc(-c2cccc(C(C)(C)C(=O)Nc3nnn[nH]3)c2)n1. The summed E-state index contributed by atoms with van der Waals surface area (Å²) in [5.41, 5.74) is 2.34. The van der Waals surface area contributed by atoms with E-state index in [0.29, 0.717) is 34.5 Å². The number of anilines is 2. The third kappa shape index (κ3) is 5.89. The lowest BCUT2D eigenvalue weighted by Gasteiger charge is -2.24. The van der Waals surface area contributed by atoms with Crippen LogP contribution in [0.25, 0.3) is 11.3 Å². The lowest BCUT2D eigenvalue weighted by molar-refractivity contribution is -0.120. The molecule has 0 aliphatic heterocycles. The van der Waals surface area contributed by atoms with Crippen molar-refractivity contribution >= 4 is 40.9 Å². The molecule has 36 heavy (non-hydrogen) atoms. The fourth-order valence-corrected chi connectivity index (χ4v) is 3.98. The Morgan fingerprint density at radius 3 is 2.67 bits per heavy atom. The number of benzene rings is 2. The van der Waals surface area contributed by atoms with Gasteiger partial charge in [0.15, 0.2) is 0 Å². The van der Waals surface area contributed by atoms with Gasteiger partial charge in [-0.3, -0.25) is 10.1 Å². The van der Waals surface area contributed by atoms with Gasteiger partial charge < -0.3 is 10.1 Å². The predicted octanol–water partition coefficient (Wildman–Crippen LogP) is 4.54. The molecule has 10 nitrogen and oxygen atoms in total. The number of H-pyrrole nitrogens is 1. The zero-order valence-corrected chi connectivity index (χ0v) is 21.4. The number of nitrogens with one attached hydrogen (secondary N) is 3. The minimum atomic E-state index is -0.876. The van der Waals surface area contributed by atoms with E-state index in [1.807, 2.05) is 56.3 Å². The monoisotopic (exact) mass is 526 g/mol. The molecular formula is C24H24Cl2N8O2. The van der Waals surface area contributed by atoms with Gasteiger partial charge in [0, 0.05) is 28.2 Å². The van der Waals surface area contributed by atoms with Crippen molar-refractivity contribution in [3.05, 3.63) is 69.7 Å². The first-order chi connectivity index (χ1) is 17.3. The van der Waals surface area contributed by atoms with Crippen molar-refractivity contribution < 1.29 is 9.53 Å². The quantitative estimate of drug-likeness (QED) is 0.289. The minimum Gasteiger partial charge on any atom is -0.467 e. The van der Waals surface area contributed by atoms with Gasteiger partial charge in [-0.25, -0.2) is 5.10 Å². The summed E-state index contributed by atoms with van der Waals surface area (Å²) in [5, 5.41) is 20.4. The number of amides is 1. The van der Waals surface area contributed by atoms with Gasteiger partial charge in [-0.15, -0.1) is 0 Å². The summed E-state index contributed by atoms with van der Waals surface area (Å²) in [5.74, 6) is 0.518. The molecular weight excluding hydrogens is 503 g/mol. The number of nitrogens with zero attached hydrogens (tertiary/aromatic N) is 5. The maximum absolute atomic E-state index is 12.9. The minimum absolute atomic E-state index is 0.181. The topological polar surface area (TPSA) is 131 Å². The van der Waals surface area contributed by atoms with E-state index in [1.165, 1.54) is 7.11 Å². The number of hydrogen-bond donors (Lipinski definition) is 3. The number of aromatic nitrogens is 6. The smallest absolute Gasteiger partial charge is 0.318 e. The van der Waals surface area contributed by atoms with Gasteiger partial charge in [-0.2, -0.15) is 9.97 Å². The molecule has 0 radical (unpaired) electrons. The molecule has 186 valence electrons. The summed E-state index contributed by atoms with van der Waals surface area (Å²) in [4.78, 5) is 21.8. The molecule has 0 aliphatic carbocycles. The number of tetrazole rings is 1. The molecule has 4 rings (SSSR count). The maximum atomic E-state index is 12.9. The van der Waals surface area contributed by atoms with E-state index in [1.54, 1.807) is 6.07 Å². The third-order valence-electron chi connectivity index (χ3n) is 5.63. The first kappa shape index (κ1) is 25.3. The van der Waals surface area contributed by atoms with Crippen LogP contribution >= 0.6 is 23.2 Å². The van der Waals surface area contributed by atoms with E-state index in [-0.39, 0.29) is 17.9 Å². The molecule has 0 fully saturated rings. The fourth-order valence-electron chi connectivity index (χ4n) is 3.48. The summed E-state index contributed by atoms with van der Waals surface area (Å²) in [6.45, 7) is 4.23. The van der Waals surface area contributed by atoms with E-state index >= 15 is 0 Å². The molecule has 0 aliphatic rings. The summed E-state index contributed by atoms with van der Waals surface area (Å²) in [7, 11) is 1.51. The molecule has 12 heteroatoms. The number of hydrogen-bond acceptors (Lipinski definition) is 8. The van der Waals surface area contributed by atoms with Gasteiger partial charge in [0.25, 0.3) is 0 Å². The molecule has 0 atom stereocenters. The van der Waals surface area contributed by atoms with Gasteiger partial charge in [-0.05, 0) is 60.0 Å². The Morgan fingerprint density at radius 2 is 1.94 bits per heavy atom. The zero-order chi connectivity index (χ0) is 25.7. The van der Waals surface area contributed by atoms with E-state index in [0.717, 1.165) is 16.7 Å². The van der Waals surface area contributed by atoms with E-state index in [4.69, 9.17) is 27.9 Å². The average molecular weight is 527 g/mol. The summed E-state index contributed by atoms with van der Waals surface area (Å²) in [6, 6.07) is 15.1. The van der Waals surface area contributed by atoms with E-state index < -0.39 is 5.41 Å². The Kier molecular flexibility index (Phi) is 7.66. The highest BCUT2D eigenvalue weighted by Crippen LogP contribution is 2.30. The Morgan fingerprint density at radius 1 is 1.11 bits per heavy atom. The van der Waals surface area contributed by atoms with E-state index in [2.05, 4.69) is 41.2 Å². The van der Waals surface area contributed by atoms with Crippen LogP contribution in [0, 0.1) is 0 Å². The van der Waals surface area contributed by atoms with Crippen molar-refractivity contribution in [1.82, 2.24) is 30.6 Å². The second kappa shape index (κ2) is 10.9. The van der Waals surface area contributed by atoms with Crippen molar-refractivity contribution in [3.8, 4) is 17.3 Å². The Hall–Kier alpha value is -3.76. The molecule has 0 unspecified atom stereocenters. The number of carbonyl (C=O) groups excluding carboxylic acids is 1. The molecule has 0 bridgehead atoms. The van der Waals surface area contributed by atoms with Crippen LogP contribution in [0.2, 0.25) is 10.0 Å². The van der Waals surface area contributed by atoms with Crippen LogP contribution in [-0.2, 0) is 16.6 Å². The molecule has 4 aromatic rings. The highest BCUT2D eigenvalue weighted by atomic mass is 35.5. The van der Waals surface area contributed by atoms with Crippen LogP contribution in [0.5, 0.6) is 6.01 Å². The number of methoxy groups -OCH3 is 1. The van der Waals surface area contributed by atoms with Crippen molar-refractivity contribution in [1.29, 1.82) is 0 Å². The van der Waals surface area contributed by atoms with Crippen LogP contribution in [0.4, 0.5) is 11.8 Å². The number of aromatic amines is 1. The Bertz CT molecular complexity index is 1360. The first-order valence-electron chi connectivity index (χ1n) is 11.0. The molecule has 0 spiro atoms. The highest BCUT2D eigenvalue weighted by molar-refractivity contribution is 6.35. The first-order valence-corrected chi connectivity index (χ1v) is 11.8. The summed E-state index contributed by atoms with van der Waals surface area (Å²) < 4.78 is 5.32. The molecule has 0 saturated carbocycles. The maximum Gasteiger partial charge on any atom is 0.318 e. The molecule has 1 amide bonds. The highest BCUT2D eigenvalue weighted by Gasteiger charge is 2.31. The van der Waals surface area contributed by atoms with E-state index in [9.17, 15) is 4.79 Å². The van der Waals surface area contributed by atoms with Crippen molar-refractivity contribution in [2.45, 2.75) is 25.7 Å². The second-order valence-corrected chi connectivity index (χ2v) is 9.29. The van der Waals surface area contributed by atoms with Crippen LogP contribution in [-0.4, -0.2) is 50.2 Å². The Labute approximate surface area is 217 Å². The molecule has 0 saturated heterocycles. The summed E-state index contributed by atoms with van der Waals surface area (Å²) >= 11 is 12.3. The molecule has 2 aromatic heterocycles. The van der Waals surface area contributed by atoms with Gasteiger partial charge in [0.05, 0.1) is 18.2 Å². The third-order valence-corrected chi connectivity index (χ3v) is 6.22. The molecule has 2 aromatic carbocycles. The number of halogens is 2. The predicted molar refractivity (Wildman–Crippen MR) is 139 cm³/mol. The largest absolute Gasteiger partial charge is 0.467 e. The van der Waals surface area contributed by atoms with Gasteiger partial charge >= 0.3 is 6.01 Å². The lowest BCUT2D eigenvalue weighted by atomic mass is 9.82. The lowest BCUT2D eigenvalue weighted by Crippen LogP contribution is -2.35. The average Bonchev–Trinajstić information content (AvgIpc) is 3.38. The normalized spacial score (nSPS) is 11.2. The summed E-state index contributed by atoms with van der Waals surface area (Å²) in [6.07, 6.45) is 0.678. The van der Waals surface area contributed by atoms with Crippen LogP contribution < -0.4 is 15.4 Å². The van der Waals surface area contributed by atoms with Gasteiger partial charge in [0.1, 0.15) is 5.82 Å². The van der Waals surface area contributed by atoms with Crippen molar-refractivity contribution in [2.75, 3.05) is 24.3 Å². The van der Waals surface area contributed by atoms with Crippen molar-refractivity contribution in [3.63, 3.8) is 0 Å². The van der Waals surface area contributed by atoms with Crippen LogP contribution in [0.15, 0.2) is 48.5 Å². The molecule has 2 heterocycles. The number of ether oxygens (including phenoxy) is 1. The van der Waals surface area contributed by atoms with Crippen LogP contribution in [0.1, 0.15) is 25.0 Å². The fraction of sp³-hybridized carbons (Fsp3) is 0.250.